The van der Waals surface area contributed by atoms with Crippen molar-refractivity contribution in [2.75, 3.05) is 13.1 Å². The normalized spacial score (nSPS) is 16.4. The number of hydrogen-bond acceptors (Lipinski definition) is 4. The molecule has 1 aromatic heterocycles. The van der Waals surface area contributed by atoms with Gasteiger partial charge in [0, 0.05) is 16.7 Å². The summed E-state index contributed by atoms with van der Waals surface area (Å²) < 4.78 is 29.9. The molecule has 1 aromatic carbocycles. The summed E-state index contributed by atoms with van der Waals surface area (Å²) in [7, 11) is -3.66. The van der Waals surface area contributed by atoms with E-state index in [9.17, 15) is 13.2 Å². The van der Waals surface area contributed by atoms with Crippen LogP contribution in [-0.4, -0.2) is 41.5 Å². The Kier molecular flexibility index (Phi) is 5.83. The zero-order chi connectivity index (χ0) is 18.9. The minimum Gasteiger partial charge on any atom is -0.267 e. The number of aryl methyl sites for hydroxylation is 1. The van der Waals surface area contributed by atoms with Crippen molar-refractivity contribution < 1.29 is 13.2 Å². The van der Waals surface area contributed by atoms with Crippen LogP contribution in [0.15, 0.2) is 29.2 Å². The molecule has 0 N–H and O–H groups in total. The van der Waals surface area contributed by atoms with Crippen molar-refractivity contribution in [1.29, 1.82) is 0 Å². The van der Waals surface area contributed by atoms with E-state index in [0.29, 0.717) is 30.0 Å². The molecule has 1 saturated heterocycles. The van der Waals surface area contributed by atoms with Gasteiger partial charge in [-0.2, -0.15) is 14.1 Å². The summed E-state index contributed by atoms with van der Waals surface area (Å²) in [6.45, 7) is 4.35. The lowest BCUT2D eigenvalue weighted by atomic mass is 10.2. The van der Waals surface area contributed by atoms with E-state index >= 15 is 0 Å². The maximum absolute atomic E-state index is 13.2. The highest BCUT2D eigenvalue weighted by Crippen LogP contribution is 2.26. The lowest BCUT2D eigenvalue weighted by Crippen LogP contribution is -2.32. The topological polar surface area (TPSA) is 72.3 Å². The number of nitrogens with zero attached hydrogens (tertiary/aromatic N) is 3. The van der Waals surface area contributed by atoms with Gasteiger partial charge in [0.05, 0.1) is 17.0 Å². The Morgan fingerprint density at radius 1 is 1.08 bits per heavy atom. The van der Waals surface area contributed by atoms with Crippen molar-refractivity contribution in [3.8, 4) is 0 Å². The largest absolute Gasteiger partial charge is 0.279 e. The fourth-order valence-corrected chi connectivity index (χ4v) is 5.85. The van der Waals surface area contributed by atoms with E-state index in [-0.39, 0.29) is 10.8 Å². The highest BCUT2D eigenvalue weighted by atomic mass is 127. The Balaban J connectivity index is 2.03. The van der Waals surface area contributed by atoms with Gasteiger partial charge in [-0.25, -0.2) is 8.42 Å². The molecule has 0 spiro atoms. The van der Waals surface area contributed by atoms with Gasteiger partial charge in [0.15, 0.2) is 0 Å². The molecule has 1 aliphatic rings. The van der Waals surface area contributed by atoms with Crippen LogP contribution in [0.2, 0.25) is 0 Å². The van der Waals surface area contributed by atoms with Crippen LogP contribution in [-0.2, 0) is 10.0 Å². The Bertz CT molecular complexity index is 929. The van der Waals surface area contributed by atoms with E-state index in [1.165, 1.54) is 8.99 Å². The van der Waals surface area contributed by atoms with Gasteiger partial charge in [0.25, 0.3) is 5.91 Å². The van der Waals surface area contributed by atoms with Gasteiger partial charge in [-0.05, 0) is 61.4 Å². The summed E-state index contributed by atoms with van der Waals surface area (Å²) in [5, 5.41) is 4.27. The van der Waals surface area contributed by atoms with E-state index in [1.54, 1.807) is 26.0 Å². The van der Waals surface area contributed by atoms with Crippen LogP contribution >= 0.6 is 22.6 Å². The monoisotopic (exact) mass is 487 g/mol. The van der Waals surface area contributed by atoms with Crippen LogP contribution in [0.3, 0.4) is 0 Å². The third-order valence-electron chi connectivity index (χ3n) is 4.68. The lowest BCUT2D eigenvalue weighted by molar-refractivity contribution is 0.0941. The maximum atomic E-state index is 13.2. The molecule has 0 amide bonds. The van der Waals surface area contributed by atoms with Crippen LogP contribution in [0.4, 0.5) is 0 Å². The van der Waals surface area contributed by atoms with E-state index < -0.39 is 10.0 Å². The molecule has 140 valence electrons. The minimum atomic E-state index is -3.66. The van der Waals surface area contributed by atoms with Crippen LogP contribution in [0.25, 0.3) is 0 Å². The summed E-state index contributed by atoms with van der Waals surface area (Å²) in [5.41, 5.74) is 1.25. The second kappa shape index (κ2) is 7.77. The number of benzene rings is 1. The summed E-state index contributed by atoms with van der Waals surface area (Å²) in [5.74, 6) is -0.312. The van der Waals surface area contributed by atoms with Gasteiger partial charge in [-0.15, -0.1) is 0 Å². The number of hydrogen-bond donors (Lipinski definition) is 0. The van der Waals surface area contributed by atoms with Gasteiger partial charge >= 0.3 is 0 Å². The quantitative estimate of drug-likeness (QED) is 0.623. The molecule has 1 fully saturated rings. The second-order valence-corrected chi connectivity index (χ2v) is 9.55. The van der Waals surface area contributed by atoms with E-state index in [2.05, 4.69) is 27.7 Å². The van der Waals surface area contributed by atoms with Crippen molar-refractivity contribution in [1.82, 2.24) is 14.1 Å². The van der Waals surface area contributed by atoms with Crippen LogP contribution < -0.4 is 0 Å². The predicted octanol–water partition coefficient (Wildman–Crippen LogP) is 3.36. The van der Waals surface area contributed by atoms with Crippen LogP contribution in [0.1, 0.15) is 47.4 Å². The van der Waals surface area contributed by atoms with Gasteiger partial charge < -0.3 is 0 Å². The standard InChI is InChI=1S/C18H22IN3O3S/c1-13-17(26(24,25)21-11-7-3-4-8-12-21)14(2)22(20-13)18(23)15-9-5-6-10-16(15)19/h5-6,9-10H,3-4,7-8,11-12H2,1-2H3. The Labute approximate surface area is 167 Å². The SMILES string of the molecule is Cc1nn(C(=O)c2ccccc2I)c(C)c1S(=O)(=O)N1CCCCCC1. The fraction of sp³-hybridized carbons (Fsp3) is 0.444. The molecule has 0 atom stereocenters. The molecule has 26 heavy (non-hydrogen) atoms. The average Bonchev–Trinajstić information content (AvgIpc) is 2.79. The van der Waals surface area contributed by atoms with Crippen molar-refractivity contribution in [3.05, 3.63) is 44.8 Å². The molecule has 2 heterocycles. The molecule has 0 saturated carbocycles. The molecule has 2 aromatic rings. The Morgan fingerprint density at radius 3 is 2.31 bits per heavy atom. The smallest absolute Gasteiger partial charge is 0.267 e. The summed E-state index contributed by atoms with van der Waals surface area (Å²) in [6, 6.07) is 7.21. The number of sulfonamides is 1. The number of carbonyl (C=O) groups is 1. The first kappa shape index (κ1) is 19.5. The van der Waals surface area contributed by atoms with Crippen LogP contribution in [0.5, 0.6) is 0 Å². The fourth-order valence-electron chi connectivity index (χ4n) is 3.36. The third-order valence-corrected chi connectivity index (χ3v) is 7.78. The van der Waals surface area contributed by atoms with Crippen molar-refractivity contribution in [3.63, 3.8) is 0 Å². The number of aromatic nitrogens is 2. The highest BCUT2D eigenvalue weighted by molar-refractivity contribution is 14.1. The van der Waals surface area contributed by atoms with E-state index in [4.69, 9.17) is 0 Å². The zero-order valence-electron chi connectivity index (χ0n) is 14.9. The molecule has 3 rings (SSSR count). The van der Waals surface area contributed by atoms with Gasteiger partial charge in [0.2, 0.25) is 10.0 Å². The Morgan fingerprint density at radius 2 is 1.69 bits per heavy atom. The van der Waals surface area contributed by atoms with Crippen molar-refractivity contribution >= 4 is 38.5 Å². The number of halogens is 1. The first-order chi connectivity index (χ1) is 12.3. The first-order valence-corrected chi connectivity index (χ1v) is 11.2. The Hall–Kier alpha value is -1.26. The minimum absolute atomic E-state index is 0.165. The van der Waals surface area contributed by atoms with Gasteiger partial charge in [0.1, 0.15) is 4.90 Å². The molecule has 0 aliphatic carbocycles. The van der Waals surface area contributed by atoms with Crippen LogP contribution in [0, 0.1) is 17.4 Å². The van der Waals surface area contributed by atoms with E-state index in [1.807, 2.05) is 12.1 Å². The molecule has 0 unspecified atom stereocenters. The van der Waals surface area contributed by atoms with E-state index in [0.717, 1.165) is 29.3 Å². The van der Waals surface area contributed by atoms with Crippen molar-refractivity contribution in [2.24, 2.45) is 0 Å². The molecule has 0 bridgehead atoms. The van der Waals surface area contributed by atoms with Gasteiger partial charge in [-0.1, -0.05) is 25.0 Å². The predicted molar refractivity (Wildman–Crippen MR) is 108 cm³/mol. The molecular weight excluding hydrogens is 465 g/mol. The maximum Gasteiger partial charge on any atom is 0.279 e. The number of carbonyl (C=O) groups excluding carboxylic acids is 1. The first-order valence-electron chi connectivity index (χ1n) is 8.69. The molecule has 8 heteroatoms. The highest BCUT2D eigenvalue weighted by Gasteiger charge is 2.32. The number of rotatable bonds is 3. The molecular formula is C18H22IN3O3S. The summed E-state index contributed by atoms with van der Waals surface area (Å²) in [6.07, 6.45) is 3.83. The summed E-state index contributed by atoms with van der Waals surface area (Å²) in [4.78, 5) is 13.1. The zero-order valence-corrected chi connectivity index (χ0v) is 17.9. The third kappa shape index (κ3) is 3.59. The second-order valence-electron chi connectivity index (χ2n) is 6.52. The molecule has 0 radical (unpaired) electrons. The summed E-state index contributed by atoms with van der Waals surface area (Å²) >= 11 is 2.10. The lowest BCUT2D eigenvalue weighted by Gasteiger charge is -2.20. The van der Waals surface area contributed by atoms with Gasteiger partial charge in [-0.3, -0.25) is 4.79 Å². The average molecular weight is 487 g/mol. The molecule has 6 nitrogen and oxygen atoms in total. The van der Waals surface area contributed by atoms with Crippen molar-refractivity contribution in [2.45, 2.75) is 44.4 Å². The molecule has 1 aliphatic heterocycles.